The molecule has 0 spiro atoms. The summed E-state index contributed by atoms with van der Waals surface area (Å²) in [4.78, 5) is -1.19. The zero-order valence-corrected chi connectivity index (χ0v) is 14.1. The van der Waals surface area contributed by atoms with Crippen molar-refractivity contribution in [3.8, 4) is 0 Å². The fourth-order valence-electron chi connectivity index (χ4n) is 1.31. The molecule has 0 aromatic carbocycles. The Morgan fingerprint density at radius 2 is 1.33 bits per heavy atom. The van der Waals surface area contributed by atoms with Crippen molar-refractivity contribution in [3.05, 3.63) is 0 Å². The van der Waals surface area contributed by atoms with Gasteiger partial charge in [0, 0.05) is 7.11 Å². The Morgan fingerprint density at radius 3 is 1.76 bits per heavy atom. The molecule has 0 radical (unpaired) electrons. The number of rotatable bonds is 14. The summed E-state index contributed by atoms with van der Waals surface area (Å²) in [6.07, 6.45) is 0.377. The van der Waals surface area contributed by atoms with Gasteiger partial charge in [-0.2, -0.15) is 0 Å². The summed E-state index contributed by atoms with van der Waals surface area (Å²) in [7, 11) is -1.72. The minimum atomic E-state index is -3.34. The maximum absolute atomic E-state index is 11.9. The van der Waals surface area contributed by atoms with E-state index in [1.165, 1.54) is 6.92 Å². The van der Waals surface area contributed by atoms with Crippen molar-refractivity contribution in [1.29, 1.82) is 0 Å². The molecule has 0 rings (SSSR count). The molecule has 0 aliphatic carbocycles. The van der Waals surface area contributed by atoms with Crippen LogP contribution in [-0.2, 0) is 28.8 Å². The minimum absolute atomic E-state index is 0.0754. The Balaban J connectivity index is 3.49. The van der Waals surface area contributed by atoms with Gasteiger partial charge < -0.3 is 24.7 Å². The van der Waals surface area contributed by atoms with Gasteiger partial charge in [-0.3, -0.25) is 0 Å². The van der Waals surface area contributed by atoms with Gasteiger partial charge in [-0.1, -0.05) is 6.92 Å². The molecular weight excluding hydrogens is 298 g/mol. The van der Waals surface area contributed by atoms with E-state index >= 15 is 0 Å². The molecule has 0 aromatic rings. The molecule has 0 saturated heterocycles. The van der Waals surface area contributed by atoms with Crippen LogP contribution in [0.1, 0.15) is 20.3 Å². The lowest BCUT2D eigenvalue weighted by atomic mass is 10.3. The largest absolute Gasteiger partial charge is 0.382 e. The van der Waals surface area contributed by atoms with Crippen LogP contribution in [0.25, 0.3) is 0 Å². The number of sulfone groups is 1. The summed E-state index contributed by atoms with van der Waals surface area (Å²) < 4.78 is 44.3. The lowest BCUT2D eigenvalue weighted by Crippen LogP contribution is -2.46. The Hall–Kier alpha value is -0.250. The van der Waals surface area contributed by atoms with E-state index < -0.39 is 14.7 Å². The summed E-state index contributed by atoms with van der Waals surface area (Å²) in [5.74, 6) is -0.0754. The fraction of sp³-hybridized carbons (Fsp3) is 1.00. The average Bonchev–Trinajstić information content (AvgIpc) is 2.44. The van der Waals surface area contributed by atoms with Crippen LogP contribution in [0.3, 0.4) is 0 Å². The second kappa shape index (κ2) is 11.3. The quantitative estimate of drug-likeness (QED) is 0.455. The van der Waals surface area contributed by atoms with Crippen molar-refractivity contribution in [2.45, 2.75) is 25.1 Å². The third-order valence-corrected chi connectivity index (χ3v) is 5.50. The number of methoxy groups -OCH3 is 1. The first-order chi connectivity index (χ1) is 9.87. The van der Waals surface area contributed by atoms with Gasteiger partial charge >= 0.3 is 0 Å². The van der Waals surface area contributed by atoms with Gasteiger partial charge in [0.1, 0.15) is 4.87 Å². The average molecular weight is 327 g/mol. The van der Waals surface area contributed by atoms with Crippen molar-refractivity contribution < 1.29 is 27.4 Å². The topological polar surface area (TPSA) is 97.1 Å². The highest BCUT2D eigenvalue weighted by Crippen LogP contribution is 2.14. The van der Waals surface area contributed by atoms with Gasteiger partial charge in [0.25, 0.3) is 0 Å². The molecule has 0 saturated carbocycles. The Morgan fingerprint density at radius 1 is 0.905 bits per heavy atom. The van der Waals surface area contributed by atoms with Crippen molar-refractivity contribution in [3.63, 3.8) is 0 Å². The Bertz CT molecular complexity index is 345. The van der Waals surface area contributed by atoms with Crippen LogP contribution in [0.2, 0.25) is 0 Å². The van der Waals surface area contributed by atoms with Gasteiger partial charge in [-0.15, -0.1) is 0 Å². The van der Waals surface area contributed by atoms with Gasteiger partial charge in [-0.25, -0.2) is 8.42 Å². The van der Waals surface area contributed by atoms with Crippen LogP contribution in [-0.4, -0.2) is 72.4 Å². The van der Waals surface area contributed by atoms with Crippen molar-refractivity contribution in [2.75, 3.05) is 59.1 Å². The molecule has 8 heteroatoms. The molecular formula is C13H29NO6S. The molecule has 1 unspecified atom stereocenters. The van der Waals surface area contributed by atoms with Gasteiger partial charge in [-0.05, 0) is 13.3 Å². The maximum atomic E-state index is 11.9. The molecule has 0 aliphatic rings. The number of hydrogen-bond acceptors (Lipinski definition) is 7. The minimum Gasteiger partial charge on any atom is -0.382 e. The van der Waals surface area contributed by atoms with Crippen LogP contribution in [0.4, 0.5) is 0 Å². The van der Waals surface area contributed by atoms with Crippen molar-refractivity contribution >= 4 is 9.84 Å². The molecule has 0 bridgehead atoms. The molecule has 128 valence electrons. The smallest absolute Gasteiger partial charge is 0.170 e. The van der Waals surface area contributed by atoms with E-state index in [4.69, 9.17) is 24.7 Å². The molecule has 2 N–H and O–H groups in total. The number of nitrogens with two attached hydrogens (primary N) is 1. The van der Waals surface area contributed by atoms with E-state index in [2.05, 4.69) is 0 Å². The molecule has 0 aromatic heterocycles. The van der Waals surface area contributed by atoms with Gasteiger partial charge in [0.2, 0.25) is 0 Å². The second-order valence-corrected chi connectivity index (χ2v) is 7.39. The summed E-state index contributed by atoms with van der Waals surface area (Å²) >= 11 is 0. The zero-order valence-electron chi connectivity index (χ0n) is 13.3. The Labute approximate surface area is 128 Å². The highest BCUT2D eigenvalue weighted by molar-refractivity contribution is 7.92. The van der Waals surface area contributed by atoms with E-state index in [-0.39, 0.29) is 12.4 Å². The molecule has 0 fully saturated rings. The monoisotopic (exact) mass is 327 g/mol. The summed E-state index contributed by atoms with van der Waals surface area (Å²) in [6, 6.07) is 0. The van der Waals surface area contributed by atoms with E-state index in [1.807, 2.05) is 0 Å². The normalized spacial score (nSPS) is 15.0. The lowest BCUT2D eigenvalue weighted by molar-refractivity contribution is 0.00552. The van der Waals surface area contributed by atoms with Gasteiger partial charge in [0.15, 0.2) is 9.84 Å². The van der Waals surface area contributed by atoms with Crippen LogP contribution >= 0.6 is 0 Å². The number of ether oxygens (including phenoxy) is 4. The first-order valence-corrected chi connectivity index (χ1v) is 8.76. The second-order valence-electron chi connectivity index (χ2n) is 4.82. The van der Waals surface area contributed by atoms with Crippen molar-refractivity contribution in [2.24, 2.45) is 5.73 Å². The highest BCUT2D eigenvalue weighted by Gasteiger charge is 2.32. The van der Waals surface area contributed by atoms with Gasteiger partial charge in [0.05, 0.1) is 52.0 Å². The number of hydrogen-bond donors (Lipinski definition) is 1. The first-order valence-electron chi connectivity index (χ1n) is 7.10. The molecule has 0 heterocycles. The lowest BCUT2D eigenvalue weighted by Gasteiger charge is -2.22. The standard InChI is InChI=1S/C13H29NO6S/c1-4-13(2,14)21(15,16)12-11-20-10-9-19-8-7-18-6-5-17-3/h4-12,14H2,1-3H3. The highest BCUT2D eigenvalue weighted by atomic mass is 32.2. The third kappa shape index (κ3) is 9.38. The predicted molar refractivity (Wildman–Crippen MR) is 81.0 cm³/mol. The van der Waals surface area contributed by atoms with E-state index in [0.29, 0.717) is 46.1 Å². The van der Waals surface area contributed by atoms with Crippen LogP contribution in [0.15, 0.2) is 0 Å². The van der Waals surface area contributed by atoms with E-state index in [9.17, 15) is 8.42 Å². The Kier molecular flexibility index (Phi) is 11.2. The van der Waals surface area contributed by atoms with Crippen LogP contribution < -0.4 is 5.73 Å². The van der Waals surface area contributed by atoms with Crippen LogP contribution in [0, 0.1) is 0 Å². The molecule has 21 heavy (non-hydrogen) atoms. The SMILES string of the molecule is CCC(C)(N)S(=O)(=O)CCOCCOCCOCCOC. The molecule has 7 nitrogen and oxygen atoms in total. The zero-order chi connectivity index (χ0) is 16.2. The molecule has 1 atom stereocenters. The maximum Gasteiger partial charge on any atom is 0.170 e. The molecule has 0 amide bonds. The third-order valence-electron chi connectivity index (χ3n) is 3.08. The first kappa shape index (κ1) is 20.8. The predicted octanol–water partition coefficient (Wildman–Crippen LogP) is 0.182. The molecule has 0 aliphatic heterocycles. The fourth-order valence-corrected chi connectivity index (χ4v) is 2.55. The van der Waals surface area contributed by atoms with E-state index in [0.717, 1.165) is 0 Å². The van der Waals surface area contributed by atoms with Crippen LogP contribution in [0.5, 0.6) is 0 Å². The summed E-state index contributed by atoms with van der Waals surface area (Å²) in [6.45, 7) is 6.24. The van der Waals surface area contributed by atoms with E-state index in [1.54, 1.807) is 14.0 Å². The summed E-state index contributed by atoms with van der Waals surface area (Å²) in [5, 5.41) is 0. The summed E-state index contributed by atoms with van der Waals surface area (Å²) in [5.41, 5.74) is 5.73. The van der Waals surface area contributed by atoms with Crippen molar-refractivity contribution in [1.82, 2.24) is 0 Å².